The van der Waals surface area contributed by atoms with Crippen LogP contribution < -0.4 is 19.5 Å². The quantitative estimate of drug-likeness (QED) is 0.288. The highest BCUT2D eigenvalue weighted by molar-refractivity contribution is 6.33. The minimum absolute atomic E-state index is 0.0550. The van der Waals surface area contributed by atoms with Crippen LogP contribution >= 0.6 is 11.6 Å². The standard InChI is InChI=1S/C30H29ClFN3O5/c1-33-30(36)19-5-2-4-18-21(19)16-22(31)29(27(18)32)40-24-6-8-34-23-17-25(28-20(26(23)24)7-13-39-28)38-12-3-9-35-10-14-37-15-11-35/h2,4-6,8,16-17H,3,7,9-15H2,1H3,(H,33,36). The molecule has 0 atom stereocenters. The van der Waals surface area contributed by atoms with E-state index in [1.165, 1.54) is 7.05 Å². The smallest absolute Gasteiger partial charge is 0.251 e. The number of aromatic nitrogens is 1. The Labute approximate surface area is 235 Å². The summed E-state index contributed by atoms with van der Waals surface area (Å²) in [6, 6.07) is 9.93. The molecule has 0 aliphatic carbocycles. The second kappa shape index (κ2) is 11.4. The van der Waals surface area contributed by atoms with Gasteiger partial charge in [0, 0.05) is 61.9 Å². The summed E-state index contributed by atoms with van der Waals surface area (Å²) in [7, 11) is 1.52. The van der Waals surface area contributed by atoms with Crippen LogP contribution in [0.4, 0.5) is 4.39 Å². The molecule has 1 N–H and O–H groups in total. The number of carbonyl (C=O) groups is 1. The number of nitrogens with zero attached hydrogens (tertiary/aromatic N) is 2. The molecule has 208 valence electrons. The molecule has 3 heterocycles. The van der Waals surface area contributed by atoms with Crippen molar-refractivity contribution in [3.8, 4) is 23.0 Å². The summed E-state index contributed by atoms with van der Waals surface area (Å²) in [6.07, 6.45) is 3.13. The molecular weight excluding hydrogens is 537 g/mol. The van der Waals surface area contributed by atoms with Crippen molar-refractivity contribution < 1.29 is 28.1 Å². The number of halogens is 2. The summed E-state index contributed by atoms with van der Waals surface area (Å²) >= 11 is 6.53. The normalized spacial score (nSPS) is 15.2. The zero-order valence-electron chi connectivity index (χ0n) is 22.1. The van der Waals surface area contributed by atoms with Gasteiger partial charge in [-0.25, -0.2) is 4.39 Å². The van der Waals surface area contributed by atoms with E-state index in [9.17, 15) is 4.79 Å². The van der Waals surface area contributed by atoms with Gasteiger partial charge in [-0.2, -0.15) is 0 Å². The lowest BCUT2D eigenvalue weighted by molar-refractivity contribution is 0.0357. The Morgan fingerprint density at radius 1 is 1.15 bits per heavy atom. The van der Waals surface area contributed by atoms with E-state index in [-0.39, 0.29) is 22.1 Å². The molecule has 1 saturated heterocycles. The first-order valence-corrected chi connectivity index (χ1v) is 13.7. The molecular formula is C30H29ClFN3O5. The SMILES string of the molecule is CNC(=O)c1cccc2c(F)c(Oc3ccnc4cc(OCCCN5CCOCC5)c5c(c34)CCO5)c(Cl)cc12. The second-order valence-corrected chi connectivity index (χ2v) is 10.1. The molecule has 1 aromatic heterocycles. The number of fused-ring (bicyclic) bond motifs is 4. The van der Waals surface area contributed by atoms with Crippen molar-refractivity contribution in [3.05, 3.63) is 64.6 Å². The predicted octanol–water partition coefficient (Wildman–Crippen LogP) is 5.37. The minimum Gasteiger partial charge on any atom is -0.490 e. The number of carbonyl (C=O) groups excluding carboxylic acids is 1. The van der Waals surface area contributed by atoms with E-state index in [1.807, 2.05) is 6.07 Å². The van der Waals surface area contributed by atoms with Gasteiger partial charge in [-0.1, -0.05) is 23.7 Å². The molecule has 8 nitrogen and oxygen atoms in total. The van der Waals surface area contributed by atoms with E-state index in [1.54, 1.807) is 36.5 Å². The first kappa shape index (κ1) is 26.6. The third-order valence-corrected chi connectivity index (χ3v) is 7.58. The number of pyridine rings is 1. The summed E-state index contributed by atoms with van der Waals surface area (Å²) < 4.78 is 39.5. The van der Waals surface area contributed by atoms with Crippen molar-refractivity contribution in [1.29, 1.82) is 0 Å². The number of ether oxygens (including phenoxy) is 4. The van der Waals surface area contributed by atoms with Crippen molar-refractivity contribution in [2.24, 2.45) is 0 Å². The summed E-state index contributed by atoms with van der Waals surface area (Å²) in [5.74, 6) is 0.622. The Hall–Kier alpha value is -3.66. The van der Waals surface area contributed by atoms with Crippen LogP contribution in [0.3, 0.4) is 0 Å². The topological polar surface area (TPSA) is 82.2 Å². The van der Waals surface area contributed by atoms with E-state index in [4.69, 9.17) is 30.5 Å². The van der Waals surface area contributed by atoms with E-state index >= 15 is 4.39 Å². The van der Waals surface area contributed by atoms with Gasteiger partial charge in [0.25, 0.3) is 5.91 Å². The molecule has 6 rings (SSSR count). The number of nitrogens with one attached hydrogen (secondary N) is 1. The molecule has 1 fully saturated rings. The van der Waals surface area contributed by atoms with Gasteiger partial charge in [0.05, 0.1) is 42.4 Å². The highest BCUT2D eigenvalue weighted by Gasteiger charge is 2.26. The van der Waals surface area contributed by atoms with Crippen LogP contribution in [0.5, 0.6) is 23.0 Å². The molecule has 10 heteroatoms. The number of benzene rings is 3. The van der Waals surface area contributed by atoms with E-state index in [0.29, 0.717) is 53.3 Å². The fraction of sp³-hybridized carbons (Fsp3) is 0.333. The number of amides is 1. The largest absolute Gasteiger partial charge is 0.490 e. The molecule has 1 amide bonds. The monoisotopic (exact) mass is 565 g/mol. The third kappa shape index (κ3) is 5.00. The van der Waals surface area contributed by atoms with Gasteiger partial charge in [0.1, 0.15) is 5.75 Å². The molecule has 40 heavy (non-hydrogen) atoms. The van der Waals surface area contributed by atoms with Gasteiger partial charge in [-0.05, 0) is 30.0 Å². The van der Waals surface area contributed by atoms with Crippen LogP contribution in [-0.2, 0) is 11.2 Å². The number of rotatable bonds is 8. The summed E-state index contributed by atoms with van der Waals surface area (Å²) in [4.78, 5) is 19.2. The van der Waals surface area contributed by atoms with E-state index in [0.717, 1.165) is 50.2 Å². The molecule has 3 aromatic carbocycles. The van der Waals surface area contributed by atoms with Crippen LogP contribution in [-0.4, -0.2) is 68.9 Å². The van der Waals surface area contributed by atoms with Gasteiger partial charge in [0.2, 0.25) is 0 Å². The third-order valence-electron chi connectivity index (χ3n) is 7.30. The average molecular weight is 566 g/mol. The lowest BCUT2D eigenvalue weighted by Gasteiger charge is -2.26. The first-order valence-electron chi connectivity index (χ1n) is 13.4. The summed E-state index contributed by atoms with van der Waals surface area (Å²) in [5, 5.41) is 4.00. The second-order valence-electron chi connectivity index (χ2n) is 9.72. The van der Waals surface area contributed by atoms with Crippen molar-refractivity contribution in [3.63, 3.8) is 0 Å². The predicted molar refractivity (Wildman–Crippen MR) is 151 cm³/mol. The lowest BCUT2D eigenvalue weighted by Crippen LogP contribution is -2.37. The molecule has 2 aliphatic heterocycles. The van der Waals surface area contributed by atoms with Gasteiger partial charge in [-0.3, -0.25) is 14.7 Å². The van der Waals surface area contributed by atoms with Gasteiger partial charge in [-0.15, -0.1) is 0 Å². The maximum Gasteiger partial charge on any atom is 0.251 e. The highest BCUT2D eigenvalue weighted by atomic mass is 35.5. The summed E-state index contributed by atoms with van der Waals surface area (Å²) in [5.41, 5.74) is 1.89. The number of hydrogen-bond acceptors (Lipinski definition) is 7. The van der Waals surface area contributed by atoms with Crippen LogP contribution in [0.1, 0.15) is 22.3 Å². The van der Waals surface area contributed by atoms with Gasteiger partial charge >= 0.3 is 0 Å². The Balaban J connectivity index is 1.31. The Bertz CT molecular complexity index is 1590. The van der Waals surface area contributed by atoms with Crippen molar-refractivity contribution in [2.75, 3.05) is 53.1 Å². The first-order chi connectivity index (χ1) is 19.5. The van der Waals surface area contributed by atoms with Crippen LogP contribution in [0.15, 0.2) is 42.6 Å². The fourth-order valence-corrected chi connectivity index (χ4v) is 5.56. The maximum atomic E-state index is 15.8. The Morgan fingerprint density at radius 2 is 2.00 bits per heavy atom. The van der Waals surface area contributed by atoms with E-state index in [2.05, 4.69) is 15.2 Å². The summed E-state index contributed by atoms with van der Waals surface area (Å²) in [6.45, 7) is 5.42. The molecule has 0 radical (unpaired) electrons. The fourth-order valence-electron chi connectivity index (χ4n) is 5.33. The average Bonchev–Trinajstić information content (AvgIpc) is 3.48. The van der Waals surface area contributed by atoms with Crippen LogP contribution in [0, 0.1) is 5.82 Å². The van der Waals surface area contributed by atoms with Crippen molar-refractivity contribution in [2.45, 2.75) is 12.8 Å². The van der Waals surface area contributed by atoms with Crippen molar-refractivity contribution in [1.82, 2.24) is 15.2 Å². The number of morpholine rings is 1. The highest BCUT2D eigenvalue weighted by Crippen LogP contribution is 2.46. The molecule has 4 aromatic rings. The minimum atomic E-state index is -0.647. The molecule has 0 bridgehead atoms. The van der Waals surface area contributed by atoms with E-state index < -0.39 is 5.82 Å². The lowest BCUT2D eigenvalue weighted by atomic mass is 10.0. The zero-order valence-corrected chi connectivity index (χ0v) is 22.9. The van der Waals surface area contributed by atoms with Crippen molar-refractivity contribution >= 4 is 39.2 Å². The maximum absolute atomic E-state index is 15.8. The molecule has 0 saturated carbocycles. The zero-order chi connectivity index (χ0) is 27.6. The molecule has 0 unspecified atom stereocenters. The number of hydrogen-bond donors (Lipinski definition) is 1. The van der Waals surface area contributed by atoms with Gasteiger partial charge < -0.3 is 24.3 Å². The van der Waals surface area contributed by atoms with Gasteiger partial charge in [0.15, 0.2) is 23.1 Å². The molecule has 0 spiro atoms. The van der Waals surface area contributed by atoms with Crippen LogP contribution in [0.2, 0.25) is 5.02 Å². The Morgan fingerprint density at radius 3 is 2.83 bits per heavy atom. The Kier molecular flexibility index (Phi) is 7.60. The molecule has 2 aliphatic rings. The van der Waals surface area contributed by atoms with Crippen LogP contribution in [0.25, 0.3) is 21.7 Å².